The molecule has 0 saturated carbocycles. The molecule has 124 valence electrons. The molecular formula is C17H16ClN2O4+. The van der Waals surface area contributed by atoms with E-state index in [1.807, 2.05) is 18.2 Å². The standard InChI is InChI=1S/C17H15ClN2O4/c1-10-15(16(24-20-10)14-8-5-9-22-14)19-17(21)23-11(2)12-6-3-4-7-13(12)18/h3-9,11H,1-2H3,(H,19,21)/p+1. The second-order valence-electron chi connectivity index (χ2n) is 5.20. The van der Waals surface area contributed by atoms with Crippen molar-refractivity contribution in [3.05, 3.63) is 58.9 Å². The molecule has 1 unspecified atom stereocenters. The van der Waals surface area contributed by atoms with E-state index in [0.717, 1.165) is 5.56 Å². The molecule has 0 aliphatic rings. The van der Waals surface area contributed by atoms with Gasteiger partial charge >= 0.3 is 6.09 Å². The lowest BCUT2D eigenvalue weighted by atomic mass is 10.1. The Labute approximate surface area is 143 Å². The number of halogens is 1. The largest absolute Gasteiger partial charge is 0.461 e. The fourth-order valence-corrected chi connectivity index (χ4v) is 2.58. The molecule has 0 spiro atoms. The maximum absolute atomic E-state index is 12.2. The highest BCUT2D eigenvalue weighted by Gasteiger charge is 2.25. The summed E-state index contributed by atoms with van der Waals surface area (Å²) in [4.78, 5) is 12.2. The highest BCUT2D eigenvalue weighted by atomic mass is 35.5. The van der Waals surface area contributed by atoms with Gasteiger partial charge in [0.2, 0.25) is 5.69 Å². The fraction of sp³-hybridized carbons (Fsp3) is 0.176. The number of carbonyl (C=O) groups excluding carboxylic acids is 1. The molecule has 0 radical (unpaired) electrons. The molecule has 3 aromatic rings. The van der Waals surface area contributed by atoms with E-state index in [2.05, 4.69) is 10.5 Å². The summed E-state index contributed by atoms with van der Waals surface area (Å²) >= 11 is 6.12. The van der Waals surface area contributed by atoms with Crippen molar-refractivity contribution in [3.8, 4) is 11.5 Å². The minimum atomic E-state index is -0.617. The number of benzene rings is 1. The van der Waals surface area contributed by atoms with Crippen LogP contribution in [-0.2, 0) is 4.74 Å². The van der Waals surface area contributed by atoms with Gasteiger partial charge in [-0.2, -0.15) is 0 Å². The van der Waals surface area contributed by atoms with E-state index >= 15 is 0 Å². The molecule has 2 aromatic heterocycles. The molecule has 6 nitrogen and oxygen atoms in total. The van der Waals surface area contributed by atoms with Crippen LogP contribution in [0.25, 0.3) is 11.5 Å². The molecule has 0 fully saturated rings. The second kappa shape index (κ2) is 6.80. The predicted molar refractivity (Wildman–Crippen MR) is 87.7 cm³/mol. The third-order valence-corrected chi connectivity index (χ3v) is 3.85. The van der Waals surface area contributed by atoms with E-state index in [4.69, 9.17) is 25.3 Å². The van der Waals surface area contributed by atoms with Crippen molar-refractivity contribution >= 4 is 23.4 Å². The molecule has 2 heterocycles. The summed E-state index contributed by atoms with van der Waals surface area (Å²) < 4.78 is 16.0. The van der Waals surface area contributed by atoms with Gasteiger partial charge in [0, 0.05) is 17.5 Å². The van der Waals surface area contributed by atoms with Gasteiger partial charge in [0.15, 0.2) is 11.4 Å². The van der Waals surface area contributed by atoms with Gasteiger partial charge in [-0.3, -0.25) is 5.32 Å². The molecule has 1 aromatic carbocycles. The summed E-state index contributed by atoms with van der Waals surface area (Å²) in [6.45, 7) is 3.52. The SMILES string of the molecule is Cc1[nH+]oc(-c2ccco2)c1NC(=O)OC(C)c1ccccc1Cl. The van der Waals surface area contributed by atoms with Crippen LogP contribution in [0.3, 0.4) is 0 Å². The maximum Gasteiger partial charge on any atom is 0.412 e. The van der Waals surface area contributed by atoms with E-state index in [-0.39, 0.29) is 0 Å². The first-order valence-electron chi connectivity index (χ1n) is 7.33. The van der Waals surface area contributed by atoms with Crippen molar-refractivity contribution < 1.29 is 23.6 Å². The lowest BCUT2D eigenvalue weighted by Crippen LogP contribution is -2.17. The van der Waals surface area contributed by atoms with Crippen molar-refractivity contribution in [1.29, 1.82) is 0 Å². The van der Waals surface area contributed by atoms with Gasteiger partial charge in [0.25, 0.3) is 5.76 Å². The quantitative estimate of drug-likeness (QED) is 0.746. The first-order valence-corrected chi connectivity index (χ1v) is 7.71. The molecule has 0 aliphatic heterocycles. The summed E-state index contributed by atoms with van der Waals surface area (Å²) in [5.74, 6) is 0.883. The van der Waals surface area contributed by atoms with Crippen molar-refractivity contribution in [2.45, 2.75) is 20.0 Å². The second-order valence-corrected chi connectivity index (χ2v) is 5.61. The Hall–Kier alpha value is -2.73. The lowest BCUT2D eigenvalue weighted by molar-refractivity contribution is -0.612. The zero-order valence-electron chi connectivity index (χ0n) is 13.1. The van der Waals surface area contributed by atoms with Crippen molar-refractivity contribution in [2.24, 2.45) is 0 Å². The Morgan fingerprint density at radius 1 is 1.29 bits per heavy atom. The smallest absolute Gasteiger partial charge is 0.412 e. The Morgan fingerprint density at radius 2 is 2.08 bits per heavy atom. The Bertz CT molecular complexity index is 842. The zero-order valence-corrected chi connectivity index (χ0v) is 13.9. The number of ether oxygens (including phenoxy) is 1. The van der Waals surface area contributed by atoms with Gasteiger partial charge in [-0.25, -0.2) is 9.32 Å². The van der Waals surface area contributed by atoms with Gasteiger partial charge in [0.1, 0.15) is 6.10 Å². The lowest BCUT2D eigenvalue weighted by Gasteiger charge is -2.14. The van der Waals surface area contributed by atoms with E-state index in [0.29, 0.717) is 27.9 Å². The number of aromatic nitrogens is 1. The number of carbonyl (C=O) groups is 1. The molecular weight excluding hydrogens is 332 g/mol. The molecule has 1 amide bonds. The van der Waals surface area contributed by atoms with Gasteiger partial charge < -0.3 is 9.15 Å². The minimum absolute atomic E-state index is 0.389. The van der Waals surface area contributed by atoms with E-state index < -0.39 is 12.2 Å². The van der Waals surface area contributed by atoms with Crippen LogP contribution >= 0.6 is 11.6 Å². The molecule has 0 bridgehead atoms. The molecule has 3 rings (SSSR count). The molecule has 2 N–H and O–H groups in total. The van der Waals surface area contributed by atoms with Crippen LogP contribution in [0.2, 0.25) is 5.02 Å². The Balaban J connectivity index is 1.74. The summed E-state index contributed by atoms with van der Waals surface area (Å²) in [6.07, 6.45) is 0.407. The molecule has 0 saturated heterocycles. The van der Waals surface area contributed by atoms with Gasteiger partial charge in [-0.05, 0) is 30.3 Å². The van der Waals surface area contributed by atoms with Crippen LogP contribution in [0, 0.1) is 6.92 Å². The number of hydrogen-bond donors (Lipinski definition) is 1. The van der Waals surface area contributed by atoms with Crippen LogP contribution in [0.15, 0.2) is 51.6 Å². The van der Waals surface area contributed by atoms with Gasteiger partial charge in [-0.1, -0.05) is 29.8 Å². The number of amides is 1. The molecule has 1 atom stereocenters. The van der Waals surface area contributed by atoms with Gasteiger partial charge in [0.05, 0.1) is 6.26 Å². The van der Waals surface area contributed by atoms with Crippen molar-refractivity contribution in [1.82, 2.24) is 0 Å². The number of nitrogens with one attached hydrogen (secondary N) is 2. The van der Waals surface area contributed by atoms with E-state index in [9.17, 15) is 4.79 Å². The first kappa shape index (κ1) is 16.1. The third-order valence-electron chi connectivity index (χ3n) is 3.51. The van der Waals surface area contributed by atoms with Crippen LogP contribution < -0.4 is 10.5 Å². The normalized spacial score (nSPS) is 12.0. The average molecular weight is 348 g/mol. The summed E-state index contributed by atoms with van der Waals surface area (Å²) in [5.41, 5.74) is 1.83. The van der Waals surface area contributed by atoms with Crippen LogP contribution in [0.5, 0.6) is 0 Å². The first-order chi connectivity index (χ1) is 11.6. The molecule has 7 heteroatoms. The Kier molecular flexibility index (Phi) is 4.57. The van der Waals surface area contributed by atoms with Crippen molar-refractivity contribution in [3.63, 3.8) is 0 Å². The number of furan rings is 1. The Morgan fingerprint density at radius 3 is 2.79 bits per heavy atom. The van der Waals surface area contributed by atoms with E-state index in [1.165, 1.54) is 6.26 Å². The van der Waals surface area contributed by atoms with Crippen molar-refractivity contribution in [2.75, 3.05) is 5.32 Å². The number of aryl methyl sites for hydroxylation is 1. The zero-order chi connectivity index (χ0) is 17.1. The number of hydrogen-bond acceptors (Lipinski definition) is 4. The van der Waals surface area contributed by atoms with Crippen LogP contribution in [0.1, 0.15) is 24.3 Å². The number of rotatable bonds is 4. The minimum Gasteiger partial charge on any atom is -0.461 e. The van der Waals surface area contributed by atoms with Crippen LogP contribution in [0.4, 0.5) is 10.5 Å². The highest BCUT2D eigenvalue weighted by molar-refractivity contribution is 6.31. The predicted octanol–water partition coefficient (Wildman–Crippen LogP) is 4.63. The molecule has 0 aliphatic carbocycles. The summed E-state index contributed by atoms with van der Waals surface area (Å²) in [7, 11) is 0. The third kappa shape index (κ3) is 3.28. The highest BCUT2D eigenvalue weighted by Crippen LogP contribution is 2.30. The fourth-order valence-electron chi connectivity index (χ4n) is 2.29. The summed E-state index contributed by atoms with van der Waals surface area (Å²) in [5, 5.41) is 5.92. The van der Waals surface area contributed by atoms with E-state index in [1.54, 1.807) is 32.0 Å². The molecule has 24 heavy (non-hydrogen) atoms. The number of H-pyrrole nitrogens is 1. The monoisotopic (exact) mass is 347 g/mol. The summed E-state index contributed by atoms with van der Waals surface area (Å²) in [6, 6.07) is 10.7. The number of anilines is 1. The average Bonchev–Trinajstić information content (AvgIpc) is 3.18. The number of aromatic amines is 1. The van der Waals surface area contributed by atoms with Crippen LogP contribution in [-0.4, -0.2) is 6.09 Å². The maximum atomic E-state index is 12.2. The van der Waals surface area contributed by atoms with Gasteiger partial charge in [-0.15, -0.1) is 0 Å². The topological polar surface area (TPSA) is 78.8 Å².